The number of benzene rings is 1. The van der Waals surface area contributed by atoms with Crippen molar-refractivity contribution in [3.8, 4) is 0 Å². The summed E-state index contributed by atoms with van der Waals surface area (Å²) in [5, 5.41) is 6.09. The van der Waals surface area contributed by atoms with Crippen molar-refractivity contribution in [3.05, 3.63) is 35.9 Å². The molecule has 1 saturated heterocycles. The maximum absolute atomic E-state index is 12.6. The zero-order chi connectivity index (χ0) is 15.3. The van der Waals surface area contributed by atoms with Gasteiger partial charge in [-0.05, 0) is 24.9 Å². The third-order valence-electron chi connectivity index (χ3n) is 4.25. The monoisotopic (exact) mass is 290 g/mol. The van der Waals surface area contributed by atoms with Gasteiger partial charge in [-0.25, -0.2) is 4.79 Å². The second-order valence-corrected chi connectivity index (χ2v) is 5.40. The number of carbonyl (C=O) groups is 2. The van der Waals surface area contributed by atoms with Gasteiger partial charge in [-0.15, -0.1) is 0 Å². The van der Waals surface area contributed by atoms with E-state index in [4.69, 9.17) is 4.74 Å². The number of hydrogen-bond donors (Lipinski definition) is 2. The van der Waals surface area contributed by atoms with Gasteiger partial charge < -0.3 is 15.4 Å². The van der Waals surface area contributed by atoms with E-state index >= 15 is 0 Å². The first-order valence-corrected chi connectivity index (χ1v) is 7.27. The van der Waals surface area contributed by atoms with E-state index in [9.17, 15) is 9.59 Å². The summed E-state index contributed by atoms with van der Waals surface area (Å²) in [4.78, 5) is 24.6. The summed E-state index contributed by atoms with van der Waals surface area (Å²) >= 11 is 0. The van der Waals surface area contributed by atoms with Gasteiger partial charge in [-0.1, -0.05) is 37.3 Å². The first kappa shape index (κ1) is 15.5. The summed E-state index contributed by atoms with van der Waals surface area (Å²) < 4.78 is 4.83. The lowest BCUT2D eigenvalue weighted by molar-refractivity contribution is -0.146. The van der Waals surface area contributed by atoms with Crippen LogP contribution in [0.2, 0.25) is 0 Å². The predicted molar refractivity (Wildman–Crippen MR) is 79.6 cm³/mol. The van der Waals surface area contributed by atoms with Crippen LogP contribution in [-0.4, -0.2) is 32.1 Å². The number of amides is 1. The summed E-state index contributed by atoms with van der Waals surface area (Å²) in [5.41, 5.74) is 0.302. The molecule has 1 heterocycles. The quantitative estimate of drug-likeness (QED) is 0.805. The first-order chi connectivity index (χ1) is 10.1. The number of methoxy groups -OCH3 is 1. The molecule has 1 aromatic carbocycles. The van der Waals surface area contributed by atoms with Crippen LogP contribution in [0, 0.1) is 5.41 Å². The van der Waals surface area contributed by atoms with Crippen LogP contribution in [0.3, 0.4) is 0 Å². The lowest BCUT2D eigenvalue weighted by Crippen LogP contribution is -2.45. The van der Waals surface area contributed by atoms with Crippen molar-refractivity contribution in [1.29, 1.82) is 0 Å². The van der Waals surface area contributed by atoms with Gasteiger partial charge in [0.1, 0.15) is 0 Å². The topological polar surface area (TPSA) is 67.4 Å². The third-order valence-corrected chi connectivity index (χ3v) is 4.25. The molecular formula is C16H22N2O3. The Morgan fingerprint density at radius 2 is 2.10 bits per heavy atom. The Bertz CT molecular complexity index is 496. The molecule has 0 radical (unpaired) electrons. The van der Waals surface area contributed by atoms with E-state index < -0.39 is 17.4 Å². The number of esters is 1. The highest BCUT2D eigenvalue weighted by Gasteiger charge is 2.41. The van der Waals surface area contributed by atoms with Crippen molar-refractivity contribution in [2.75, 3.05) is 20.2 Å². The van der Waals surface area contributed by atoms with E-state index in [1.807, 2.05) is 37.3 Å². The summed E-state index contributed by atoms with van der Waals surface area (Å²) in [5.74, 6) is -0.541. The summed E-state index contributed by atoms with van der Waals surface area (Å²) in [7, 11) is 1.33. The molecule has 5 heteroatoms. The fourth-order valence-corrected chi connectivity index (χ4v) is 2.73. The molecule has 1 amide bonds. The van der Waals surface area contributed by atoms with Gasteiger partial charge in [-0.3, -0.25) is 4.79 Å². The second-order valence-electron chi connectivity index (χ2n) is 5.40. The number of carbonyl (C=O) groups excluding carboxylic acids is 2. The van der Waals surface area contributed by atoms with Crippen LogP contribution in [0.1, 0.15) is 31.4 Å². The normalized spacial score (nSPS) is 22.6. The summed E-state index contributed by atoms with van der Waals surface area (Å²) in [6.45, 7) is 3.48. The molecule has 0 aromatic heterocycles. The number of hydrogen-bond acceptors (Lipinski definition) is 4. The lowest BCUT2D eigenvalue weighted by Gasteiger charge is -2.28. The molecule has 5 nitrogen and oxygen atoms in total. The highest BCUT2D eigenvalue weighted by Crippen LogP contribution is 2.30. The maximum atomic E-state index is 12.6. The molecule has 1 fully saturated rings. The molecule has 1 aliphatic heterocycles. The van der Waals surface area contributed by atoms with Gasteiger partial charge in [0.25, 0.3) is 0 Å². The van der Waals surface area contributed by atoms with Crippen molar-refractivity contribution >= 4 is 11.9 Å². The standard InChI is InChI=1S/C16H22N2O3/c1-3-16(9-10-17-11-16)15(20)18-13(14(19)21-2)12-7-5-4-6-8-12/h4-8,13,17H,3,9-11H2,1-2H3,(H,18,20). The molecule has 2 unspecified atom stereocenters. The molecule has 114 valence electrons. The van der Waals surface area contributed by atoms with Gasteiger partial charge in [0.05, 0.1) is 12.5 Å². The Morgan fingerprint density at radius 1 is 1.38 bits per heavy atom. The van der Waals surface area contributed by atoms with Crippen LogP contribution >= 0.6 is 0 Å². The molecule has 21 heavy (non-hydrogen) atoms. The Kier molecular flexibility index (Phi) is 4.96. The van der Waals surface area contributed by atoms with Crippen LogP contribution in [0.4, 0.5) is 0 Å². The van der Waals surface area contributed by atoms with Crippen LogP contribution in [-0.2, 0) is 14.3 Å². The van der Waals surface area contributed by atoms with E-state index in [0.29, 0.717) is 6.54 Å². The molecule has 1 aliphatic rings. The molecule has 2 atom stereocenters. The molecule has 1 aromatic rings. The Balaban J connectivity index is 2.19. The third kappa shape index (κ3) is 3.24. The SMILES string of the molecule is CCC1(C(=O)NC(C(=O)OC)c2ccccc2)CCNC1. The zero-order valence-corrected chi connectivity index (χ0v) is 12.5. The van der Waals surface area contributed by atoms with Gasteiger partial charge in [-0.2, -0.15) is 0 Å². The van der Waals surface area contributed by atoms with Crippen molar-refractivity contribution in [2.45, 2.75) is 25.8 Å². The number of rotatable bonds is 5. The van der Waals surface area contributed by atoms with Gasteiger partial charge in [0, 0.05) is 6.54 Å². The highest BCUT2D eigenvalue weighted by molar-refractivity contribution is 5.89. The number of nitrogens with one attached hydrogen (secondary N) is 2. The average Bonchev–Trinajstić information content (AvgIpc) is 3.02. The van der Waals surface area contributed by atoms with Crippen molar-refractivity contribution in [1.82, 2.24) is 10.6 Å². The minimum absolute atomic E-state index is 0.0887. The van der Waals surface area contributed by atoms with E-state index in [-0.39, 0.29) is 5.91 Å². The number of ether oxygens (including phenoxy) is 1. The predicted octanol–water partition coefficient (Wildman–Crippen LogP) is 1.41. The van der Waals surface area contributed by atoms with Crippen molar-refractivity contribution < 1.29 is 14.3 Å². The molecule has 2 rings (SSSR count). The van der Waals surface area contributed by atoms with Gasteiger partial charge in [0.2, 0.25) is 5.91 Å². The van der Waals surface area contributed by atoms with E-state index in [2.05, 4.69) is 10.6 Å². The smallest absolute Gasteiger partial charge is 0.333 e. The van der Waals surface area contributed by atoms with Gasteiger partial charge >= 0.3 is 5.97 Å². The molecule has 2 N–H and O–H groups in total. The highest BCUT2D eigenvalue weighted by atomic mass is 16.5. The maximum Gasteiger partial charge on any atom is 0.333 e. The van der Waals surface area contributed by atoms with Crippen LogP contribution in [0.25, 0.3) is 0 Å². The molecule has 0 spiro atoms. The lowest BCUT2D eigenvalue weighted by atomic mass is 9.83. The Morgan fingerprint density at radius 3 is 2.62 bits per heavy atom. The minimum Gasteiger partial charge on any atom is -0.467 e. The molecular weight excluding hydrogens is 268 g/mol. The van der Waals surface area contributed by atoms with Crippen LogP contribution in [0.15, 0.2) is 30.3 Å². The van der Waals surface area contributed by atoms with Gasteiger partial charge in [0.15, 0.2) is 6.04 Å². The van der Waals surface area contributed by atoms with E-state index in [1.165, 1.54) is 7.11 Å². The minimum atomic E-state index is -0.757. The van der Waals surface area contributed by atoms with Crippen LogP contribution in [0.5, 0.6) is 0 Å². The van der Waals surface area contributed by atoms with E-state index in [0.717, 1.165) is 24.9 Å². The van der Waals surface area contributed by atoms with Crippen molar-refractivity contribution in [2.24, 2.45) is 5.41 Å². The van der Waals surface area contributed by atoms with Crippen LogP contribution < -0.4 is 10.6 Å². The first-order valence-electron chi connectivity index (χ1n) is 7.27. The second kappa shape index (κ2) is 6.72. The van der Waals surface area contributed by atoms with E-state index in [1.54, 1.807) is 0 Å². The fourth-order valence-electron chi connectivity index (χ4n) is 2.73. The Labute approximate surface area is 125 Å². The molecule has 0 saturated carbocycles. The zero-order valence-electron chi connectivity index (χ0n) is 12.5. The van der Waals surface area contributed by atoms with Crippen molar-refractivity contribution in [3.63, 3.8) is 0 Å². The molecule has 0 aliphatic carbocycles. The fraction of sp³-hybridized carbons (Fsp3) is 0.500. The molecule has 0 bridgehead atoms. The Hall–Kier alpha value is -1.88. The average molecular weight is 290 g/mol. The summed E-state index contributed by atoms with van der Waals surface area (Å²) in [6, 6.07) is 8.41. The summed E-state index contributed by atoms with van der Waals surface area (Å²) in [6.07, 6.45) is 1.53. The largest absolute Gasteiger partial charge is 0.467 e.